The van der Waals surface area contributed by atoms with Crippen LogP contribution in [0.3, 0.4) is 0 Å². The fourth-order valence-electron chi connectivity index (χ4n) is 2.12. The van der Waals surface area contributed by atoms with Gasteiger partial charge in [0.15, 0.2) is 0 Å². The molecular weight excluding hydrogens is 195 g/mol. The number of aromatic nitrogens is 2. The molecule has 1 rings (SSSR count). The minimum absolute atomic E-state index is 0. The van der Waals surface area contributed by atoms with E-state index >= 15 is 0 Å². The lowest BCUT2D eigenvalue weighted by Gasteiger charge is -2.09. The number of aryl methyl sites for hydroxylation is 2. The summed E-state index contributed by atoms with van der Waals surface area (Å²) < 4.78 is 2.45. The summed E-state index contributed by atoms with van der Waals surface area (Å²) in [4.78, 5) is 4.73. The van der Waals surface area contributed by atoms with Gasteiger partial charge in [0.2, 0.25) is 0 Å². The minimum Gasteiger partial charge on any atom is -0.332 e. The zero-order valence-electron chi connectivity index (χ0n) is 11.2. The van der Waals surface area contributed by atoms with Gasteiger partial charge in [-0.05, 0) is 19.3 Å². The molecular formula is C13H24BN2. The van der Waals surface area contributed by atoms with Crippen LogP contribution in [-0.4, -0.2) is 18.0 Å². The van der Waals surface area contributed by atoms with Crippen LogP contribution < -0.4 is 0 Å². The number of hydrogen-bond acceptors (Lipinski definition) is 1. The summed E-state index contributed by atoms with van der Waals surface area (Å²) in [5.41, 5.74) is 2.77. The standard InChI is InChI=1S/C13H24N2.B/c1-5-9-10-15-12(7-3)11(6-2)14-13(15)8-4;/h5-10H2,1-4H3;. The Kier molecular flexibility index (Phi) is 7.19. The maximum Gasteiger partial charge on any atom is 0.108 e. The zero-order chi connectivity index (χ0) is 11.3. The van der Waals surface area contributed by atoms with Crippen LogP contribution in [0.1, 0.15) is 57.7 Å². The first-order chi connectivity index (χ1) is 7.28. The van der Waals surface area contributed by atoms with E-state index in [4.69, 9.17) is 4.98 Å². The first-order valence-electron chi connectivity index (χ1n) is 6.35. The highest BCUT2D eigenvalue weighted by molar-refractivity contribution is 5.75. The molecule has 0 amide bonds. The van der Waals surface area contributed by atoms with Crippen molar-refractivity contribution in [2.45, 2.75) is 66.3 Å². The Bertz CT molecular complexity index is 305. The Morgan fingerprint density at radius 1 is 1.00 bits per heavy atom. The Morgan fingerprint density at radius 2 is 1.69 bits per heavy atom. The molecule has 0 aliphatic carbocycles. The van der Waals surface area contributed by atoms with Crippen molar-refractivity contribution >= 4 is 8.41 Å². The molecule has 1 heterocycles. The van der Waals surface area contributed by atoms with Crippen molar-refractivity contribution < 1.29 is 0 Å². The normalized spacial score (nSPS) is 10.2. The van der Waals surface area contributed by atoms with Crippen LogP contribution in [0.4, 0.5) is 0 Å². The van der Waals surface area contributed by atoms with Crippen LogP contribution in [-0.2, 0) is 25.8 Å². The average Bonchev–Trinajstić information content (AvgIpc) is 2.62. The van der Waals surface area contributed by atoms with Gasteiger partial charge in [-0.3, -0.25) is 0 Å². The Labute approximate surface area is 102 Å². The van der Waals surface area contributed by atoms with E-state index in [0.29, 0.717) is 0 Å². The van der Waals surface area contributed by atoms with Gasteiger partial charge in [-0.15, -0.1) is 0 Å². The van der Waals surface area contributed by atoms with Crippen molar-refractivity contribution in [3.05, 3.63) is 17.2 Å². The summed E-state index contributed by atoms with van der Waals surface area (Å²) in [6.45, 7) is 10.0. The van der Waals surface area contributed by atoms with Crippen LogP contribution >= 0.6 is 0 Å². The third kappa shape index (κ3) is 3.13. The molecule has 0 atom stereocenters. The van der Waals surface area contributed by atoms with Crippen molar-refractivity contribution in [2.75, 3.05) is 0 Å². The molecule has 0 aliphatic heterocycles. The van der Waals surface area contributed by atoms with Gasteiger partial charge < -0.3 is 4.57 Å². The molecule has 1 aromatic heterocycles. The van der Waals surface area contributed by atoms with E-state index in [9.17, 15) is 0 Å². The second-order valence-corrected chi connectivity index (χ2v) is 3.99. The Hall–Kier alpha value is -0.725. The molecule has 1 aromatic rings. The quantitative estimate of drug-likeness (QED) is 0.672. The monoisotopic (exact) mass is 219 g/mol. The summed E-state index contributed by atoms with van der Waals surface area (Å²) in [7, 11) is 0. The largest absolute Gasteiger partial charge is 0.332 e. The molecule has 0 unspecified atom stereocenters. The average molecular weight is 219 g/mol. The molecule has 0 aromatic carbocycles. The van der Waals surface area contributed by atoms with Gasteiger partial charge in [0.05, 0.1) is 5.69 Å². The van der Waals surface area contributed by atoms with Gasteiger partial charge in [0, 0.05) is 27.1 Å². The third-order valence-corrected chi connectivity index (χ3v) is 2.96. The van der Waals surface area contributed by atoms with E-state index in [-0.39, 0.29) is 8.41 Å². The highest BCUT2D eigenvalue weighted by atomic mass is 15.1. The van der Waals surface area contributed by atoms with E-state index in [1.807, 2.05) is 0 Å². The number of rotatable bonds is 6. The van der Waals surface area contributed by atoms with Crippen LogP contribution in [0.5, 0.6) is 0 Å². The number of nitrogens with zero attached hydrogens (tertiary/aromatic N) is 2. The highest BCUT2D eigenvalue weighted by Crippen LogP contribution is 2.15. The number of imidazole rings is 1. The molecule has 0 fully saturated rings. The zero-order valence-corrected chi connectivity index (χ0v) is 11.2. The van der Waals surface area contributed by atoms with Gasteiger partial charge in [-0.25, -0.2) is 4.98 Å². The fourth-order valence-corrected chi connectivity index (χ4v) is 2.12. The van der Waals surface area contributed by atoms with E-state index in [1.165, 1.54) is 30.1 Å². The van der Waals surface area contributed by atoms with E-state index in [2.05, 4.69) is 32.3 Å². The summed E-state index contributed by atoms with van der Waals surface area (Å²) >= 11 is 0. The minimum atomic E-state index is 0. The van der Waals surface area contributed by atoms with Crippen molar-refractivity contribution in [1.29, 1.82) is 0 Å². The molecule has 0 spiro atoms. The SMILES string of the molecule is CCCCn1c(CC)nc(CC)c1CC.[B]. The molecule has 0 aliphatic rings. The third-order valence-electron chi connectivity index (χ3n) is 2.96. The second kappa shape index (κ2) is 7.53. The Morgan fingerprint density at radius 3 is 2.12 bits per heavy atom. The molecule has 2 nitrogen and oxygen atoms in total. The van der Waals surface area contributed by atoms with E-state index in [0.717, 1.165) is 25.8 Å². The van der Waals surface area contributed by atoms with Crippen molar-refractivity contribution in [3.63, 3.8) is 0 Å². The van der Waals surface area contributed by atoms with Gasteiger partial charge in [0.1, 0.15) is 5.82 Å². The number of hydrogen-bond donors (Lipinski definition) is 0. The van der Waals surface area contributed by atoms with Crippen molar-refractivity contribution in [1.82, 2.24) is 9.55 Å². The molecule has 16 heavy (non-hydrogen) atoms. The van der Waals surface area contributed by atoms with Crippen molar-refractivity contribution in [3.8, 4) is 0 Å². The summed E-state index contributed by atoms with van der Waals surface area (Å²) in [6, 6.07) is 0. The molecule has 0 bridgehead atoms. The lowest BCUT2D eigenvalue weighted by molar-refractivity contribution is 0.585. The van der Waals surface area contributed by atoms with Crippen LogP contribution in [0.15, 0.2) is 0 Å². The van der Waals surface area contributed by atoms with Crippen LogP contribution in [0.25, 0.3) is 0 Å². The van der Waals surface area contributed by atoms with E-state index in [1.54, 1.807) is 0 Å². The highest BCUT2D eigenvalue weighted by Gasteiger charge is 2.12. The predicted octanol–water partition coefficient (Wildman–Crippen LogP) is 2.99. The second-order valence-electron chi connectivity index (χ2n) is 3.99. The molecule has 89 valence electrons. The van der Waals surface area contributed by atoms with Crippen molar-refractivity contribution in [2.24, 2.45) is 0 Å². The fraction of sp³-hybridized carbons (Fsp3) is 0.769. The predicted molar refractivity (Wildman–Crippen MR) is 71.0 cm³/mol. The molecule has 3 radical (unpaired) electrons. The van der Waals surface area contributed by atoms with Gasteiger partial charge >= 0.3 is 0 Å². The lowest BCUT2D eigenvalue weighted by Crippen LogP contribution is -2.07. The lowest BCUT2D eigenvalue weighted by atomic mass is 10.2. The van der Waals surface area contributed by atoms with Crippen LogP contribution in [0.2, 0.25) is 0 Å². The molecule has 3 heteroatoms. The maximum absolute atomic E-state index is 4.73. The first-order valence-corrected chi connectivity index (χ1v) is 6.35. The molecule has 0 saturated carbocycles. The number of unbranched alkanes of at least 4 members (excludes halogenated alkanes) is 1. The van der Waals surface area contributed by atoms with E-state index < -0.39 is 0 Å². The summed E-state index contributed by atoms with van der Waals surface area (Å²) in [6.07, 6.45) is 5.75. The van der Waals surface area contributed by atoms with Gasteiger partial charge in [0.25, 0.3) is 0 Å². The van der Waals surface area contributed by atoms with Gasteiger partial charge in [-0.1, -0.05) is 34.1 Å². The maximum atomic E-state index is 4.73. The summed E-state index contributed by atoms with van der Waals surface area (Å²) in [5, 5.41) is 0. The molecule has 0 saturated heterocycles. The first kappa shape index (κ1) is 15.3. The topological polar surface area (TPSA) is 17.8 Å². The smallest absolute Gasteiger partial charge is 0.108 e. The Balaban J connectivity index is 0.00000225. The van der Waals surface area contributed by atoms with Crippen LogP contribution in [0, 0.1) is 0 Å². The molecule has 0 N–H and O–H groups in total. The summed E-state index contributed by atoms with van der Waals surface area (Å²) in [5.74, 6) is 1.28. The van der Waals surface area contributed by atoms with Gasteiger partial charge in [-0.2, -0.15) is 0 Å².